The van der Waals surface area contributed by atoms with Crippen LogP contribution in [0.25, 0.3) is 0 Å². The van der Waals surface area contributed by atoms with Crippen LogP contribution in [0.15, 0.2) is 24.5 Å². The molecule has 0 aromatic carbocycles. The summed E-state index contributed by atoms with van der Waals surface area (Å²) in [7, 11) is 2.05. The minimum atomic E-state index is 1.22. The average Bonchev–Trinajstić information content (AvgIpc) is 2.04. The third kappa shape index (κ3) is 2.71. The number of hydrogen-bond donors (Lipinski definition) is 0. The fraction of sp³-hybridized carbons (Fsp3) is 0.500. The van der Waals surface area contributed by atoms with E-state index in [9.17, 15) is 0 Å². The van der Waals surface area contributed by atoms with Crippen LogP contribution >= 0.6 is 0 Å². The van der Waals surface area contributed by atoms with Crippen LogP contribution in [-0.2, 0) is 13.5 Å². The topological polar surface area (TPSA) is 3.88 Å². The van der Waals surface area contributed by atoms with E-state index in [0.29, 0.717) is 0 Å². The number of nitrogens with zero attached hydrogens (tertiary/aromatic N) is 1. The molecule has 1 rings (SSSR count). The summed E-state index contributed by atoms with van der Waals surface area (Å²) >= 11 is 0. The van der Waals surface area contributed by atoms with Gasteiger partial charge in [0.15, 0.2) is 12.4 Å². The zero-order chi connectivity index (χ0) is 8.10. The Hall–Kier alpha value is -0.850. The van der Waals surface area contributed by atoms with Crippen molar-refractivity contribution in [3.05, 3.63) is 30.1 Å². The highest BCUT2D eigenvalue weighted by molar-refractivity contribution is 5.06. The smallest absolute Gasteiger partial charge is 0.168 e. The SMILES string of the molecule is CCCCc1cc[n+](C)cc1. The maximum atomic E-state index is 2.23. The Balaban J connectivity index is 2.52. The van der Waals surface area contributed by atoms with Crippen molar-refractivity contribution in [3.63, 3.8) is 0 Å². The van der Waals surface area contributed by atoms with Crippen LogP contribution in [0.3, 0.4) is 0 Å². The summed E-state index contributed by atoms with van der Waals surface area (Å²) in [6, 6.07) is 4.38. The lowest BCUT2D eigenvalue weighted by Crippen LogP contribution is -2.25. The summed E-state index contributed by atoms with van der Waals surface area (Å²) in [6.07, 6.45) is 8.00. The average molecular weight is 150 g/mol. The van der Waals surface area contributed by atoms with E-state index in [1.165, 1.54) is 24.8 Å². The van der Waals surface area contributed by atoms with Crippen LogP contribution < -0.4 is 4.57 Å². The van der Waals surface area contributed by atoms with E-state index in [4.69, 9.17) is 0 Å². The molecule has 0 fully saturated rings. The molecule has 1 nitrogen and oxygen atoms in total. The van der Waals surface area contributed by atoms with Gasteiger partial charge in [0, 0.05) is 12.1 Å². The second kappa shape index (κ2) is 4.12. The first kappa shape index (κ1) is 8.25. The molecule has 1 heterocycles. The zero-order valence-electron chi connectivity index (χ0n) is 7.38. The van der Waals surface area contributed by atoms with Crippen molar-refractivity contribution in [1.29, 1.82) is 0 Å². The number of aryl methyl sites for hydroxylation is 2. The number of unbranched alkanes of at least 4 members (excludes halogenated alkanes) is 1. The molecule has 0 atom stereocenters. The van der Waals surface area contributed by atoms with E-state index in [1.807, 2.05) is 7.05 Å². The van der Waals surface area contributed by atoms with Gasteiger partial charge in [-0.2, -0.15) is 0 Å². The molecule has 0 unspecified atom stereocenters. The predicted molar refractivity (Wildman–Crippen MR) is 46.2 cm³/mol. The largest absolute Gasteiger partial charge is 0.208 e. The van der Waals surface area contributed by atoms with Crippen LogP contribution in [0.4, 0.5) is 0 Å². The lowest BCUT2D eigenvalue weighted by Gasteiger charge is -1.96. The van der Waals surface area contributed by atoms with E-state index >= 15 is 0 Å². The molecule has 0 spiro atoms. The molecular weight excluding hydrogens is 134 g/mol. The van der Waals surface area contributed by atoms with Crippen LogP contribution in [0, 0.1) is 0 Å². The van der Waals surface area contributed by atoms with Crippen LogP contribution in [0.1, 0.15) is 25.3 Å². The Morgan fingerprint density at radius 1 is 1.27 bits per heavy atom. The van der Waals surface area contributed by atoms with E-state index in [0.717, 1.165) is 0 Å². The molecule has 0 amide bonds. The van der Waals surface area contributed by atoms with Gasteiger partial charge in [-0.25, -0.2) is 4.57 Å². The summed E-state index contributed by atoms with van der Waals surface area (Å²) in [5, 5.41) is 0. The Morgan fingerprint density at radius 3 is 2.45 bits per heavy atom. The Morgan fingerprint density at radius 2 is 1.91 bits per heavy atom. The Kier molecular flexibility index (Phi) is 3.09. The zero-order valence-corrected chi connectivity index (χ0v) is 7.38. The summed E-state index contributed by atoms with van der Waals surface area (Å²) in [5.74, 6) is 0. The van der Waals surface area contributed by atoms with Crippen molar-refractivity contribution in [2.45, 2.75) is 26.2 Å². The van der Waals surface area contributed by atoms with Gasteiger partial charge in [-0.15, -0.1) is 0 Å². The van der Waals surface area contributed by atoms with Gasteiger partial charge in [-0.3, -0.25) is 0 Å². The monoisotopic (exact) mass is 150 g/mol. The van der Waals surface area contributed by atoms with Gasteiger partial charge in [0.2, 0.25) is 0 Å². The van der Waals surface area contributed by atoms with E-state index in [-0.39, 0.29) is 0 Å². The fourth-order valence-corrected chi connectivity index (χ4v) is 1.08. The highest BCUT2D eigenvalue weighted by Crippen LogP contribution is 2.01. The molecule has 1 heteroatoms. The van der Waals surface area contributed by atoms with Crippen LogP contribution in [-0.4, -0.2) is 0 Å². The number of aromatic nitrogens is 1. The minimum Gasteiger partial charge on any atom is -0.208 e. The van der Waals surface area contributed by atoms with E-state index in [2.05, 4.69) is 36.0 Å². The van der Waals surface area contributed by atoms with Crippen molar-refractivity contribution in [2.75, 3.05) is 0 Å². The molecule has 11 heavy (non-hydrogen) atoms. The number of rotatable bonds is 3. The van der Waals surface area contributed by atoms with Gasteiger partial charge in [-0.1, -0.05) is 13.3 Å². The van der Waals surface area contributed by atoms with Gasteiger partial charge < -0.3 is 0 Å². The third-order valence-electron chi connectivity index (χ3n) is 1.87. The summed E-state index contributed by atoms with van der Waals surface area (Å²) in [5.41, 5.74) is 1.45. The fourth-order valence-electron chi connectivity index (χ4n) is 1.08. The molecule has 0 saturated carbocycles. The standard InChI is InChI=1S/C10H16N/c1-3-4-5-10-6-8-11(2)9-7-10/h6-9H,3-5H2,1-2H3/q+1. The first-order valence-corrected chi connectivity index (χ1v) is 4.27. The summed E-state index contributed by atoms with van der Waals surface area (Å²) in [4.78, 5) is 0. The molecule has 1 aromatic heterocycles. The molecule has 0 N–H and O–H groups in total. The minimum absolute atomic E-state index is 1.22. The molecule has 0 aliphatic rings. The Labute approximate surface area is 68.7 Å². The summed E-state index contributed by atoms with van der Waals surface area (Å²) < 4.78 is 2.06. The maximum Gasteiger partial charge on any atom is 0.168 e. The molecule has 1 aromatic rings. The van der Waals surface area contributed by atoms with Crippen molar-refractivity contribution in [2.24, 2.45) is 7.05 Å². The predicted octanol–water partition coefficient (Wildman–Crippen LogP) is 1.85. The van der Waals surface area contributed by atoms with Crippen molar-refractivity contribution in [1.82, 2.24) is 0 Å². The normalized spacial score (nSPS) is 10.0. The van der Waals surface area contributed by atoms with Crippen molar-refractivity contribution in [3.8, 4) is 0 Å². The maximum absolute atomic E-state index is 2.23. The highest BCUT2D eigenvalue weighted by atomic mass is 14.9. The van der Waals surface area contributed by atoms with Crippen LogP contribution in [0.2, 0.25) is 0 Å². The number of pyridine rings is 1. The van der Waals surface area contributed by atoms with Gasteiger partial charge in [0.05, 0.1) is 0 Å². The second-order valence-corrected chi connectivity index (χ2v) is 2.98. The quantitative estimate of drug-likeness (QED) is 0.579. The van der Waals surface area contributed by atoms with Crippen LogP contribution in [0.5, 0.6) is 0 Å². The van der Waals surface area contributed by atoms with Gasteiger partial charge >= 0.3 is 0 Å². The molecule has 0 bridgehead atoms. The first-order valence-electron chi connectivity index (χ1n) is 4.27. The molecule has 60 valence electrons. The van der Waals surface area contributed by atoms with Crippen molar-refractivity contribution >= 4 is 0 Å². The Bertz CT molecular complexity index is 201. The lowest BCUT2D eigenvalue weighted by molar-refractivity contribution is -0.671. The highest BCUT2D eigenvalue weighted by Gasteiger charge is 1.93. The lowest BCUT2D eigenvalue weighted by atomic mass is 10.1. The van der Waals surface area contributed by atoms with E-state index < -0.39 is 0 Å². The molecule has 0 radical (unpaired) electrons. The first-order chi connectivity index (χ1) is 5.33. The molecular formula is C10H16N+. The van der Waals surface area contributed by atoms with Gasteiger partial charge in [-0.05, 0) is 18.4 Å². The van der Waals surface area contributed by atoms with E-state index in [1.54, 1.807) is 0 Å². The summed E-state index contributed by atoms with van der Waals surface area (Å²) in [6.45, 7) is 2.23. The van der Waals surface area contributed by atoms with Gasteiger partial charge in [0.25, 0.3) is 0 Å². The third-order valence-corrected chi connectivity index (χ3v) is 1.87. The molecule has 0 aliphatic heterocycles. The second-order valence-electron chi connectivity index (χ2n) is 2.98. The van der Waals surface area contributed by atoms with Gasteiger partial charge in [0.1, 0.15) is 7.05 Å². The molecule has 0 aliphatic carbocycles. The van der Waals surface area contributed by atoms with Crippen molar-refractivity contribution < 1.29 is 4.57 Å². The number of hydrogen-bond acceptors (Lipinski definition) is 0. The molecule has 0 saturated heterocycles.